The SMILES string of the molecule is CCOc1cc(/C=C2\SC(=Nc3ccc(Cl)cc3)N(c3ccc(Cl)cc3)C2=O)cc(Br)c1OCc1ccc([N+](=O)[O-])cc1. The zero-order valence-electron chi connectivity index (χ0n) is 22.5. The van der Waals surface area contributed by atoms with Crippen LogP contribution < -0.4 is 14.4 Å². The van der Waals surface area contributed by atoms with E-state index in [4.69, 9.17) is 37.7 Å². The Hall–Kier alpha value is -3.83. The molecule has 1 aliphatic rings. The first-order chi connectivity index (χ1) is 20.7. The number of amidine groups is 1. The van der Waals surface area contributed by atoms with Gasteiger partial charge in [0, 0.05) is 22.2 Å². The van der Waals surface area contributed by atoms with Crippen molar-refractivity contribution in [1.29, 1.82) is 0 Å². The highest BCUT2D eigenvalue weighted by molar-refractivity contribution is 9.10. The van der Waals surface area contributed by atoms with Crippen molar-refractivity contribution in [1.82, 2.24) is 0 Å². The molecule has 0 N–H and O–H groups in total. The summed E-state index contributed by atoms with van der Waals surface area (Å²) in [5.41, 5.74) is 2.75. The molecule has 5 rings (SSSR count). The summed E-state index contributed by atoms with van der Waals surface area (Å²) in [5.74, 6) is 0.707. The van der Waals surface area contributed by atoms with Gasteiger partial charge in [0.25, 0.3) is 11.6 Å². The number of carbonyl (C=O) groups is 1. The number of nitro benzene ring substituents is 1. The Morgan fingerprint density at radius 3 is 2.26 bits per heavy atom. The average molecular weight is 699 g/mol. The van der Waals surface area contributed by atoms with Crippen molar-refractivity contribution in [3.63, 3.8) is 0 Å². The lowest BCUT2D eigenvalue weighted by Gasteiger charge is -2.16. The summed E-state index contributed by atoms with van der Waals surface area (Å²) in [6, 6.07) is 23.8. The smallest absolute Gasteiger partial charge is 0.271 e. The largest absolute Gasteiger partial charge is 0.490 e. The Morgan fingerprint density at radius 2 is 1.63 bits per heavy atom. The van der Waals surface area contributed by atoms with Gasteiger partial charge in [-0.3, -0.25) is 19.8 Å². The van der Waals surface area contributed by atoms with Crippen LogP contribution in [0.25, 0.3) is 6.08 Å². The molecule has 1 saturated heterocycles. The van der Waals surface area contributed by atoms with Gasteiger partial charge in [-0.25, -0.2) is 4.99 Å². The maximum absolute atomic E-state index is 13.7. The number of halogens is 3. The first-order valence-electron chi connectivity index (χ1n) is 12.9. The molecule has 0 atom stereocenters. The molecule has 218 valence electrons. The number of hydrogen-bond acceptors (Lipinski definition) is 7. The standard InChI is InChI=1S/C31H22BrCl2N3O5S/c1-2-41-27-16-20(15-26(32)29(27)42-18-19-3-11-25(12-4-19)37(39)40)17-28-30(38)36(24-13-7-22(34)8-14-24)31(43-28)35-23-9-5-21(33)6-10-23/h3-17H,2,18H2,1H3/b28-17-,35-31?. The molecule has 4 aromatic carbocycles. The van der Waals surface area contributed by atoms with Crippen LogP contribution in [0, 0.1) is 10.1 Å². The van der Waals surface area contributed by atoms with Gasteiger partial charge in [0.1, 0.15) is 6.61 Å². The van der Waals surface area contributed by atoms with E-state index in [1.807, 2.05) is 13.0 Å². The van der Waals surface area contributed by atoms with E-state index in [-0.39, 0.29) is 18.2 Å². The average Bonchev–Trinajstić information content (AvgIpc) is 3.28. The molecular weight excluding hydrogens is 677 g/mol. The molecule has 1 fully saturated rings. The monoisotopic (exact) mass is 697 g/mol. The molecule has 1 amide bonds. The number of hydrogen-bond donors (Lipinski definition) is 0. The van der Waals surface area contributed by atoms with E-state index in [9.17, 15) is 14.9 Å². The normalized spacial score (nSPS) is 14.9. The highest BCUT2D eigenvalue weighted by Gasteiger charge is 2.35. The van der Waals surface area contributed by atoms with Crippen LogP contribution in [0.3, 0.4) is 0 Å². The molecule has 43 heavy (non-hydrogen) atoms. The molecule has 0 saturated carbocycles. The number of thioether (sulfide) groups is 1. The number of carbonyl (C=O) groups excluding carboxylic acids is 1. The summed E-state index contributed by atoms with van der Waals surface area (Å²) in [4.78, 5) is 31.0. The summed E-state index contributed by atoms with van der Waals surface area (Å²) in [7, 11) is 0. The molecule has 0 unspecified atom stereocenters. The Bertz CT molecular complexity index is 1730. The molecule has 1 aliphatic heterocycles. The van der Waals surface area contributed by atoms with Crippen molar-refractivity contribution in [2.75, 3.05) is 11.5 Å². The Balaban J connectivity index is 1.45. The van der Waals surface area contributed by atoms with Crippen molar-refractivity contribution in [2.45, 2.75) is 13.5 Å². The van der Waals surface area contributed by atoms with E-state index in [1.54, 1.807) is 77.7 Å². The highest BCUT2D eigenvalue weighted by atomic mass is 79.9. The van der Waals surface area contributed by atoms with Crippen LogP contribution >= 0.6 is 50.9 Å². The minimum absolute atomic E-state index is 0.00708. The quantitative estimate of drug-likeness (QED) is 0.0982. The number of anilines is 1. The molecule has 0 spiro atoms. The second-order valence-corrected chi connectivity index (χ2v) is 11.8. The maximum atomic E-state index is 13.7. The number of amides is 1. The van der Waals surface area contributed by atoms with Gasteiger partial charge in [0.15, 0.2) is 16.7 Å². The van der Waals surface area contributed by atoms with Crippen LogP contribution in [-0.4, -0.2) is 22.6 Å². The molecule has 0 radical (unpaired) electrons. The van der Waals surface area contributed by atoms with Crippen LogP contribution in [-0.2, 0) is 11.4 Å². The van der Waals surface area contributed by atoms with Crippen molar-refractivity contribution < 1.29 is 19.2 Å². The summed E-state index contributed by atoms with van der Waals surface area (Å²) in [6.07, 6.45) is 1.77. The zero-order chi connectivity index (χ0) is 30.5. The zero-order valence-corrected chi connectivity index (χ0v) is 26.4. The first-order valence-corrected chi connectivity index (χ1v) is 15.2. The third-order valence-corrected chi connectivity index (χ3v) is 8.16. The van der Waals surface area contributed by atoms with Gasteiger partial charge < -0.3 is 9.47 Å². The number of aliphatic imine (C=N–C) groups is 1. The van der Waals surface area contributed by atoms with Crippen LogP contribution in [0.15, 0.2) is 99.3 Å². The Kier molecular flexibility index (Phi) is 9.72. The molecule has 0 aromatic heterocycles. The fourth-order valence-electron chi connectivity index (χ4n) is 4.09. The van der Waals surface area contributed by atoms with Gasteiger partial charge in [-0.1, -0.05) is 23.2 Å². The third kappa shape index (κ3) is 7.40. The van der Waals surface area contributed by atoms with E-state index >= 15 is 0 Å². The summed E-state index contributed by atoms with van der Waals surface area (Å²) < 4.78 is 12.5. The second-order valence-electron chi connectivity index (χ2n) is 9.07. The number of rotatable bonds is 9. The summed E-state index contributed by atoms with van der Waals surface area (Å²) in [6.45, 7) is 2.42. The topological polar surface area (TPSA) is 94.3 Å². The van der Waals surface area contributed by atoms with Crippen molar-refractivity contribution in [3.05, 3.63) is 126 Å². The second kappa shape index (κ2) is 13.6. The summed E-state index contributed by atoms with van der Waals surface area (Å²) in [5, 5.41) is 12.6. The highest BCUT2D eigenvalue weighted by Crippen LogP contribution is 2.41. The maximum Gasteiger partial charge on any atom is 0.271 e. The molecule has 8 nitrogen and oxygen atoms in total. The predicted molar refractivity (Wildman–Crippen MR) is 176 cm³/mol. The van der Waals surface area contributed by atoms with Crippen molar-refractivity contribution >= 4 is 85.1 Å². The fraction of sp³-hybridized carbons (Fsp3) is 0.0968. The van der Waals surface area contributed by atoms with E-state index in [1.165, 1.54) is 23.9 Å². The minimum atomic E-state index is -0.448. The molecular formula is C31H22BrCl2N3O5S. The van der Waals surface area contributed by atoms with E-state index < -0.39 is 4.92 Å². The predicted octanol–water partition coefficient (Wildman–Crippen LogP) is 9.45. The van der Waals surface area contributed by atoms with Gasteiger partial charge in [-0.05, 0) is 125 Å². The summed E-state index contributed by atoms with van der Waals surface area (Å²) >= 11 is 17.0. The lowest BCUT2D eigenvalue weighted by atomic mass is 10.1. The van der Waals surface area contributed by atoms with Crippen LogP contribution in [0.2, 0.25) is 10.0 Å². The van der Waals surface area contributed by atoms with Crippen molar-refractivity contribution in [2.24, 2.45) is 4.99 Å². The van der Waals surface area contributed by atoms with Crippen LogP contribution in [0.5, 0.6) is 11.5 Å². The number of benzene rings is 4. The van der Waals surface area contributed by atoms with Gasteiger partial charge >= 0.3 is 0 Å². The van der Waals surface area contributed by atoms with E-state index in [0.717, 1.165) is 5.56 Å². The number of ether oxygens (including phenoxy) is 2. The van der Waals surface area contributed by atoms with E-state index in [0.29, 0.717) is 59.6 Å². The first kappa shape index (κ1) is 30.6. The number of non-ortho nitro benzene ring substituents is 1. The minimum Gasteiger partial charge on any atom is -0.490 e. The number of nitro groups is 1. The molecule has 0 aliphatic carbocycles. The molecule has 4 aromatic rings. The molecule has 1 heterocycles. The van der Waals surface area contributed by atoms with E-state index in [2.05, 4.69) is 15.9 Å². The fourth-order valence-corrected chi connectivity index (χ4v) is 5.91. The molecule has 12 heteroatoms. The van der Waals surface area contributed by atoms with Gasteiger partial charge in [-0.2, -0.15) is 0 Å². The molecule has 0 bridgehead atoms. The van der Waals surface area contributed by atoms with Crippen LogP contribution in [0.4, 0.5) is 17.1 Å². The lowest BCUT2D eigenvalue weighted by molar-refractivity contribution is -0.384. The van der Waals surface area contributed by atoms with Gasteiger partial charge in [-0.15, -0.1) is 0 Å². The lowest BCUT2D eigenvalue weighted by Crippen LogP contribution is -2.28. The Morgan fingerprint density at radius 1 is 0.977 bits per heavy atom. The van der Waals surface area contributed by atoms with Gasteiger partial charge in [0.2, 0.25) is 0 Å². The van der Waals surface area contributed by atoms with Gasteiger partial charge in [0.05, 0.1) is 32.3 Å². The Labute approximate surface area is 270 Å². The number of nitrogens with zero attached hydrogens (tertiary/aromatic N) is 3. The van der Waals surface area contributed by atoms with Crippen molar-refractivity contribution in [3.8, 4) is 11.5 Å². The van der Waals surface area contributed by atoms with Crippen LogP contribution in [0.1, 0.15) is 18.1 Å². The third-order valence-electron chi connectivity index (χ3n) is 6.10.